The highest BCUT2D eigenvalue weighted by Gasteiger charge is 2.37. The average Bonchev–Trinajstić information content (AvgIpc) is 3.41. The minimum atomic E-state index is -5.10. The van der Waals surface area contributed by atoms with E-state index in [0.29, 0.717) is 43.8 Å². The molecule has 4 rings (SSSR count). The van der Waals surface area contributed by atoms with E-state index >= 15 is 0 Å². The number of rotatable bonds is 12. The van der Waals surface area contributed by atoms with Gasteiger partial charge in [-0.1, -0.05) is 5.10 Å². The lowest BCUT2D eigenvalue weighted by Crippen LogP contribution is -2.33. The zero-order valence-electron chi connectivity index (χ0n) is 26.2. The third kappa shape index (κ3) is 11.3. The van der Waals surface area contributed by atoms with Gasteiger partial charge < -0.3 is 19.6 Å². The number of nitrogens with zero attached hydrogens (tertiary/aromatic N) is 6. The number of aliphatic carboxylic acids is 1. The molecule has 1 aliphatic rings. The van der Waals surface area contributed by atoms with Crippen molar-refractivity contribution in [2.24, 2.45) is 18.9 Å². The van der Waals surface area contributed by atoms with Crippen LogP contribution in [0.25, 0.3) is 0 Å². The molecule has 0 saturated heterocycles. The van der Waals surface area contributed by atoms with E-state index in [-0.39, 0.29) is 54.8 Å². The minimum absolute atomic E-state index is 0. The van der Waals surface area contributed by atoms with E-state index in [1.807, 2.05) is 11.8 Å². The summed E-state index contributed by atoms with van der Waals surface area (Å²) in [5.41, 5.74) is -2.81. The molecule has 0 aliphatic heterocycles. The topological polar surface area (TPSA) is 96.6 Å². The van der Waals surface area contributed by atoms with Gasteiger partial charge in [-0.05, 0) is 97.2 Å². The molecule has 1 aromatic heterocycles. The van der Waals surface area contributed by atoms with Crippen molar-refractivity contribution >= 4 is 30.0 Å². The van der Waals surface area contributed by atoms with Crippen molar-refractivity contribution < 1.29 is 54.2 Å². The predicted octanol–water partition coefficient (Wildman–Crippen LogP) is 7.88. The fourth-order valence-corrected chi connectivity index (χ4v) is 5.90. The quantitative estimate of drug-likeness (QED) is 0.188. The van der Waals surface area contributed by atoms with Gasteiger partial charge in [0.1, 0.15) is 5.75 Å². The number of ether oxygens (including phenoxy) is 1. The Balaban J connectivity index is 0.00000650. The first-order valence-electron chi connectivity index (χ1n) is 14.9. The molecule has 1 aliphatic carbocycles. The molecule has 0 amide bonds. The van der Waals surface area contributed by atoms with Crippen molar-refractivity contribution in [1.29, 1.82) is 0 Å². The monoisotopic (exact) mass is 732 g/mol. The van der Waals surface area contributed by atoms with E-state index in [1.54, 1.807) is 0 Å². The number of alkyl halides is 9. The van der Waals surface area contributed by atoms with Crippen LogP contribution in [0.5, 0.6) is 5.75 Å². The molecule has 3 aromatic rings. The van der Waals surface area contributed by atoms with Gasteiger partial charge in [-0.3, -0.25) is 4.79 Å². The molecule has 0 atom stereocenters. The average molecular weight is 733 g/mol. The molecule has 9 nitrogen and oxygen atoms in total. The number of benzene rings is 2. The molecule has 1 N–H and O–H groups in total. The maximum absolute atomic E-state index is 13.6. The predicted molar refractivity (Wildman–Crippen MR) is 161 cm³/mol. The highest BCUT2D eigenvalue weighted by molar-refractivity contribution is 5.85. The summed E-state index contributed by atoms with van der Waals surface area (Å²) in [6.07, 6.45) is -12.3. The van der Waals surface area contributed by atoms with Crippen LogP contribution in [0.1, 0.15) is 61.3 Å². The molecule has 1 heterocycles. The fraction of sp³-hybridized carbons (Fsp3) is 0.533. The van der Waals surface area contributed by atoms with Gasteiger partial charge in [-0.2, -0.15) is 31.1 Å². The number of hydrogen-bond acceptors (Lipinski definition) is 7. The van der Waals surface area contributed by atoms with Crippen LogP contribution in [0, 0.1) is 11.8 Å². The molecule has 1 fully saturated rings. The van der Waals surface area contributed by atoms with E-state index in [0.717, 1.165) is 29.8 Å². The van der Waals surface area contributed by atoms with E-state index in [2.05, 4.69) is 20.1 Å². The smallest absolute Gasteiger partial charge is 0.481 e. The number of anilines is 2. The normalized spacial score (nSPS) is 17.0. The molecule has 0 spiro atoms. The lowest BCUT2D eigenvalue weighted by Gasteiger charge is -2.34. The molecule has 272 valence electrons. The lowest BCUT2D eigenvalue weighted by atomic mass is 9.80. The van der Waals surface area contributed by atoms with Crippen molar-refractivity contribution in [2.75, 3.05) is 22.9 Å². The number of aromatic nitrogens is 4. The van der Waals surface area contributed by atoms with Gasteiger partial charge in [0.05, 0.1) is 18.2 Å². The number of tetrazole rings is 1. The summed E-state index contributed by atoms with van der Waals surface area (Å²) in [5.74, 6) is -1.47. The Bertz CT molecular complexity index is 1520. The first-order valence-corrected chi connectivity index (χ1v) is 14.9. The standard InChI is InChI=1S/C30H33F9N6O3.ClH/c1-3-44(15-19-6-4-18(5-7-19)12-26(46)47)25-9-8-24(48-30(37,38)39)13-21(25)17-45(27-40-42-43(2)41-27)16-20-10-22(28(31,32)33)14-23(11-20)29(34,35)36;/h8-11,13-14,18-19H,3-7,12,15-17H2,1-2H3,(H,46,47);1H. The molecular formula is C30H34ClF9N6O3. The van der Waals surface area contributed by atoms with Gasteiger partial charge in [0.25, 0.3) is 5.95 Å². The van der Waals surface area contributed by atoms with Crippen LogP contribution >= 0.6 is 12.4 Å². The first-order chi connectivity index (χ1) is 22.3. The second kappa shape index (κ2) is 15.7. The molecule has 0 unspecified atom stereocenters. The minimum Gasteiger partial charge on any atom is -0.481 e. The highest BCUT2D eigenvalue weighted by atomic mass is 35.5. The zero-order chi connectivity index (χ0) is 35.4. The van der Waals surface area contributed by atoms with Crippen LogP contribution in [0.2, 0.25) is 0 Å². The van der Waals surface area contributed by atoms with Crippen molar-refractivity contribution in [3.05, 3.63) is 58.7 Å². The van der Waals surface area contributed by atoms with Gasteiger partial charge in [0.2, 0.25) is 0 Å². The second-order valence-corrected chi connectivity index (χ2v) is 11.7. The number of carboxylic acid groups (broad SMARTS) is 1. The van der Waals surface area contributed by atoms with Crippen LogP contribution < -0.4 is 14.5 Å². The number of aryl methyl sites for hydroxylation is 1. The van der Waals surface area contributed by atoms with E-state index in [4.69, 9.17) is 5.11 Å². The van der Waals surface area contributed by atoms with E-state index in [9.17, 15) is 44.3 Å². The summed E-state index contributed by atoms with van der Waals surface area (Å²) in [6.45, 7) is 1.74. The van der Waals surface area contributed by atoms with Gasteiger partial charge in [-0.15, -0.1) is 30.7 Å². The summed E-state index contributed by atoms with van der Waals surface area (Å²) >= 11 is 0. The van der Waals surface area contributed by atoms with Crippen molar-refractivity contribution in [3.8, 4) is 5.75 Å². The number of carboxylic acids is 1. The van der Waals surface area contributed by atoms with E-state index in [1.165, 1.54) is 18.0 Å². The maximum Gasteiger partial charge on any atom is 0.573 e. The van der Waals surface area contributed by atoms with Gasteiger partial charge >= 0.3 is 24.7 Å². The molecule has 49 heavy (non-hydrogen) atoms. The van der Waals surface area contributed by atoms with Gasteiger partial charge in [0.15, 0.2) is 0 Å². The molecule has 1 saturated carbocycles. The third-order valence-corrected chi connectivity index (χ3v) is 8.08. The Morgan fingerprint density at radius 3 is 1.98 bits per heavy atom. The largest absolute Gasteiger partial charge is 0.573 e. The summed E-state index contributed by atoms with van der Waals surface area (Å²) in [7, 11) is 1.38. The SMILES string of the molecule is CCN(CC1CCC(CC(=O)O)CC1)c1ccc(OC(F)(F)F)cc1CN(Cc1cc(C(F)(F)F)cc(C(F)(F)F)c1)c1nnn(C)n1.Cl. The molecule has 0 radical (unpaired) electrons. The highest BCUT2D eigenvalue weighted by Crippen LogP contribution is 2.38. The van der Waals surface area contributed by atoms with Crippen molar-refractivity contribution in [1.82, 2.24) is 20.2 Å². The Kier molecular flexibility index (Phi) is 12.7. The summed E-state index contributed by atoms with van der Waals surface area (Å²) in [5, 5.41) is 20.8. The maximum atomic E-state index is 13.6. The molecule has 0 bridgehead atoms. The summed E-state index contributed by atoms with van der Waals surface area (Å²) in [4.78, 5) is 15.3. The van der Waals surface area contributed by atoms with Gasteiger partial charge in [-0.25, -0.2) is 0 Å². The van der Waals surface area contributed by atoms with Crippen LogP contribution in [0.3, 0.4) is 0 Å². The van der Waals surface area contributed by atoms with Crippen molar-refractivity contribution in [3.63, 3.8) is 0 Å². The Morgan fingerprint density at radius 2 is 1.49 bits per heavy atom. The van der Waals surface area contributed by atoms with Crippen LogP contribution in [0.15, 0.2) is 36.4 Å². The molecular weight excluding hydrogens is 699 g/mol. The Labute approximate surface area is 281 Å². The third-order valence-electron chi connectivity index (χ3n) is 8.08. The second-order valence-electron chi connectivity index (χ2n) is 11.7. The summed E-state index contributed by atoms with van der Waals surface area (Å²) in [6, 6.07) is 4.74. The summed E-state index contributed by atoms with van der Waals surface area (Å²) < 4.78 is 125. The number of halogens is 10. The van der Waals surface area contributed by atoms with Crippen LogP contribution in [0.4, 0.5) is 51.1 Å². The number of hydrogen-bond donors (Lipinski definition) is 1. The van der Waals surface area contributed by atoms with Crippen LogP contribution in [-0.2, 0) is 37.3 Å². The molecule has 19 heteroatoms. The van der Waals surface area contributed by atoms with Crippen molar-refractivity contribution in [2.45, 2.75) is 70.8 Å². The number of carbonyl (C=O) groups is 1. The fourth-order valence-electron chi connectivity index (χ4n) is 5.90. The zero-order valence-corrected chi connectivity index (χ0v) is 27.1. The van der Waals surface area contributed by atoms with Crippen LogP contribution in [-0.4, -0.2) is 50.7 Å². The van der Waals surface area contributed by atoms with Gasteiger partial charge in [0, 0.05) is 38.3 Å². The Hall–Kier alpha value is -3.96. The molecule has 2 aromatic carbocycles. The lowest BCUT2D eigenvalue weighted by molar-refractivity contribution is -0.274. The van der Waals surface area contributed by atoms with E-state index < -0.39 is 53.7 Å². The first kappa shape index (κ1) is 39.5. The Morgan fingerprint density at radius 1 is 0.898 bits per heavy atom.